The molecule has 1 aromatic carbocycles. The van der Waals surface area contributed by atoms with Crippen molar-refractivity contribution >= 4 is 16.8 Å². The molecule has 1 saturated carbocycles. The zero-order chi connectivity index (χ0) is 16.5. The molecule has 0 bridgehead atoms. The molecule has 2 unspecified atom stereocenters. The Hall–Kier alpha value is -1.81. The Bertz CT molecular complexity index is 730. The number of amides is 1. The van der Waals surface area contributed by atoms with Crippen molar-refractivity contribution in [3.05, 3.63) is 35.5 Å². The smallest absolute Gasteiger partial charge is 0.253 e. The van der Waals surface area contributed by atoms with Crippen LogP contribution in [0.5, 0.6) is 0 Å². The van der Waals surface area contributed by atoms with Crippen molar-refractivity contribution < 1.29 is 4.79 Å². The molecule has 128 valence electrons. The fourth-order valence-corrected chi connectivity index (χ4v) is 4.55. The summed E-state index contributed by atoms with van der Waals surface area (Å²) < 4.78 is 0. The van der Waals surface area contributed by atoms with Crippen LogP contribution in [0.15, 0.2) is 24.3 Å². The summed E-state index contributed by atoms with van der Waals surface area (Å²) in [6.07, 6.45) is 6.26. The Morgan fingerprint density at radius 3 is 2.83 bits per heavy atom. The Morgan fingerprint density at radius 2 is 2.00 bits per heavy atom. The van der Waals surface area contributed by atoms with E-state index in [0.29, 0.717) is 12.0 Å². The van der Waals surface area contributed by atoms with Crippen molar-refractivity contribution in [1.82, 2.24) is 15.2 Å². The van der Waals surface area contributed by atoms with Crippen molar-refractivity contribution in [3.8, 4) is 0 Å². The first-order valence-electron chi connectivity index (χ1n) is 9.33. The third kappa shape index (κ3) is 2.95. The highest BCUT2D eigenvalue weighted by Gasteiger charge is 2.31. The SMILES string of the molecule is Cc1[nH]c2ccccc2c1C(=O)NC1CCCC1CN1CCCC1. The molecule has 2 fully saturated rings. The number of H-pyrrole nitrogens is 1. The quantitative estimate of drug-likeness (QED) is 0.904. The fourth-order valence-electron chi connectivity index (χ4n) is 4.55. The molecule has 2 aliphatic rings. The molecule has 4 heteroatoms. The summed E-state index contributed by atoms with van der Waals surface area (Å²) in [5.74, 6) is 0.695. The molecule has 24 heavy (non-hydrogen) atoms. The minimum absolute atomic E-state index is 0.0864. The standard InChI is InChI=1S/C20H27N3O/c1-14-19(16-8-2-3-9-18(16)21-14)20(24)22-17-10-6-7-15(17)13-23-11-4-5-12-23/h2-3,8-9,15,17,21H,4-7,10-13H2,1H3,(H,22,24). The van der Waals surface area contributed by atoms with E-state index in [-0.39, 0.29) is 5.91 Å². The molecule has 1 amide bonds. The minimum Gasteiger partial charge on any atom is -0.358 e. The van der Waals surface area contributed by atoms with Gasteiger partial charge in [-0.2, -0.15) is 0 Å². The number of benzene rings is 1. The summed E-state index contributed by atoms with van der Waals surface area (Å²) in [6, 6.07) is 8.39. The van der Waals surface area contributed by atoms with E-state index >= 15 is 0 Å². The van der Waals surface area contributed by atoms with E-state index in [0.717, 1.165) is 35.1 Å². The van der Waals surface area contributed by atoms with Gasteiger partial charge in [-0.15, -0.1) is 0 Å². The van der Waals surface area contributed by atoms with Gasteiger partial charge in [0.1, 0.15) is 0 Å². The lowest BCUT2D eigenvalue weighted by molar-refractivity contribution is 0.0923. The van der Waals surface area contributed by atoms with Crippen LogP contribution in [0.1, 0.15) is 48.2 Å². The summed E-state index contributed by atoms with van der Waals surface area (Å²) in [7, 11) is 0. The van der Waals surface area contributed by atoms with Gasteiger partial charge in [0, 0.05) is 29.2 Å². The number of nitrogens with zero attached hydrogens (tertiary/aromatic N) is 1. The Kier molecular flexibility index (Phi) is 4.31. The molecule has 4 nitrogen and oxygen atoms in total. The maximum atomic E-state index is 12.9. The van der Waals surface area contributed by atoms with Crippen LogP contribution in [-0.4, -0.2) is 41.5 Å². The molecule has 1 aromatic heterocycles. The maximum Gasteiger partial charge on any atom is 0.253 e. The number of hydrogen-bond acceptors (Lipinski definition) is 2. The first kappa shape index (κ1) is 15.7. The summed E-state index contributed by atoms with van der Waals surface area (Å²) in [4.78, 5) is 18.8. The molecule has 1 saturated heterocycles. The fraction of sp³-hybridized carbons (Fsp3) is 0.550. The van der Waals surface area contributed by atoms with Gasteiger partial charge in [-0.1, -0.05) is 24.6 Å². The predicted molar refractivity (Wildman–Crippen MR) is 97.3 cm³/mol. The van der Waals surface area contributed by atoms with Crippen LogP contribution in [0.25, 0.3) is 10.9 Å². The van der Waals surface area contributed by atoms with Gasteiger partial charge in [-0.25, -0.2) is 0 Å². The van der Waals surface area contributed by atoms with Crippen LogP contribution in [0, 0.1) is 12.8 Å². The first-order chi connectivity index (χ1) is 11.7. The van der Waals surface area contributed by atoms with Gasteiger partial charge in [0.05, 0.1) is 5.56 Å². The van der Waals surface area contributed by atoms with Gasteiger partial charge in [0.15, 0.2) is 0 Å². The number of carbonyl (C=O) groups is 1. The second kappa shape index (κ2) is 6.60. The van der Waals surface area contributed by atoms with Gasteiger partial charge < -0.3 is 15.2 Å². The van der Waals surface area contributed by atoms with Crippen LogP contribution in [0.4, 0.5) is 0 Å². The normalized spacial score (nSPS) is 24.7. The van der Waals surface area contributed by atoms with Crippen LogP contribution in [0.3, 0.4) is 0 Å². The summed E-state index contributed by atoms with van der Waals surface area (Å²) >= 11 is 0. The van der Waals surface area contributed by atoms with Crippen LogP contribution in [0.2, 0.25) is 0 Å². The highest BCUT2D eigenvalue weighted by atomic mass is 16.1. The molecule has 2 heterocycles. The van der Waals surface area contributed by atoms with E-state index in [4.69, 9.17) is 0 Å². The molecule has 2 N–H and O–H groups in total. The van der Waals surface area contributed by atoms with Crippen LogP contribution >= 0.6 is 0 Å². The molecule has 0 spiro atoms. The predicted octanol–water partition coefficient (Wildman–Crippen LogP) is 3.47. The lowest BCUT2D eigenvalue weighted by Gasteiger charge is -2.26. The van der Waals surface area contributed by atoms with Gasteiger partial charge >= 0.3 is 0 Å². The molecule has 0 radical (unpaired) electrons. The molecular formula is C20H27N3O. The average Bonchev–Trinajstić information content (AvgIpc) is 3.28. The van der Waals surface area contributed by atoms with Gasteiger partial charge in [0.2, 0.25) is 0 Å². The topological polar surface area (TPSA) is 48.1 Å². The Morgan fingerprint density at radius 1 is 1.21 bits per heavy atom. The summed E-state index contributed by atoms with van der Waals surface area (Å²) in [5, 5.41) is 4.38. The maximum absolute atomic E-state index is 12.9. The van der Waals surface area contributed by atoms with Crippen molar-refractivity contribution in [2.24, 2.45) is 5.92 Å². The number of likely N-dealkylation sites (tertiary alicyclic amines) is 1. The third-order valence-corrected chi connectivity index (χ3v) is 5.79. The first-order valence-corrected chi connectivity index (χ1v) is 9.33. The molecule has 1 aliphatic carbocycles. The minimum atomic E-state index is 0.0864. The number of aromatic amines is 1. The number of nitrogens with one attached hydrogen (secondary N) is 2. The van der Waals surface area contributed by atoms with Crippen LogP contribution in [-0.2, 0) is 0 Å². The molecular weight excluding hydrogens is 298 g/mol. The Balaban J connectivity index is 1.49. The number of aryl methyl sites for hydroxylation is 1. The van der Waals surface area contributed by atoms with Gasteiger partial charge in [0.25, 0.3) is 5.91 Å². The highest BCUT2D eigenvalue weighted by Crippen LogP contribution is 2.29. The molecule has 2 aromatic rings. The number of hydrogen-bond donors (Lipinski definition) is 2. The second-order valence-corrected chi connectivity index (χ2v) is 7.45. The van der Waals surface area contributed by atoms with Crippen LogP contribution < -0.4 is 5.32 Å². The van der Waals surface area contributed by atoms with E-state index in [9.17, 15) is 4.79 Å². The monoisotopic (exact) mass is 325 g/mol. The lowest BCUT2D eigenvalue weighted by atomic mass is 10.0. The number of fused-ring (bicyclic) bond motifs is 1. The molecule has 2 atom stereocenters. The van der Waals surface area contributed by atoms with Gasteiger partial charge in [-0.05, 0) is 57.7 Å². The molecule has 4 rings (SSSR count). The van der Waals surface area contributed by atoms with E-state index in [1.807, 2.05) is 31.2 Å². The summed E-state index contributed by atoms with van der Waals surface area (Å²) in [6.45, 7) is 5.61. The Labute approximate surface area is 143 Å². The second-order valence-electron chi connectivity index (χ2n) is 7.45. The van der Waals surface area contributed by atoms with Crippen molar-refractivity contribution in [3.63, 3.8) is 0 Å². The third-order valence-electron chi connectivity index (χ3n) is 5.79. The lowest BCUT2D eigenvalue weighted by Crippen LogP contribution is -2.41. The zero-order valence-electron chi connectivity index (χ0n) is 14.5. The molecule has 1 aliphatic heterocycles. The highest BCUT2D eigenvalue weighted by molar-refractivity contribution is 6.08. The van der Waals surface area contributed by atoms with E-state index in [1.165, 1.54) is 38.8 Å². The summed E-state index contributed by atoms with van der Waals surface area (Å²) in [5.41, 5.74) is 2.82. The van der Waals surface area contributed by atoms with E-state index < -0.39 is 0 Å². The number of carbonyl (C=O) groups excluding carboxylic acids is 1. The van der Waals surface area contributed by atoms with E-state index in [1.54, 1.807) is 0 Å². The largest absolute Gasteiger partial charge is 0.358 e. The number of rotatable bonds is 4. The van der Waals surface area contributed by atoms with Gasteiger partial charge in [-0.3, -0.25) is 4.79 Å². The zero-order valence-corrected chi connectivity index (χ0v) is 14.5. The van der Waals surface area contributed by atoms with Crippen molar-refractivity contribution in [1.29, 1.82) is 0 Å². The number of aromatic nitrogens is 1. The number of para-hydroxylation sites is 1. The average molecular weight is 325 g/mol. The van der Waals surface area contributed by atoms with Crippen molar-refractivity contribution in [2.75, 3.05) is 19.6 Å². The van der Waals surface area contributed by atoms with Crippen molar-refractivity contribution in [2.45, 2.75) is 45.1 Å². The van der Waals surface area contributed by atoms with E-state index in [2.05, 4.69) is 15.2 Å².